The van der Waals surface area contributed by atoms with Gasteiger partial charge >= 0.3 is 0 Å². The molecule has 0 radical (unpaired) electrons. The van der Waals surface area contributed by atoms with Crippen molar-refractivity contribution < 1.29 is 14.2 Å². The maximum atomic E-state index is 6.12. The molecular weight excluding hydrogens is 352 g/mol. The number of para-hydroxylation sites is 1. The van der Waals surface area contributed by atoms with Crippen LogP contribution in [0.4, 0.5) is 0 Å². The van der Waals surface area contributed by atoms with Gasteiger partial charge in [-0.25, -0.2) is 4.98 Å². The van der Waals surface area contributed by atoms with Gasteiger partial charge < -0.3 is 14.2 Å². The molecule has 0 N–H and O–H groups in total. The van der Waals surface area contributed by atoms with E-state index in [9.17, 15) is 0 Å². The number of pyridine rings is 1. The first kappa shape index (κ1) is 18.0. The van der Waals surface area contributed by atoms with Crippen molar-refractivity contribution in [2.45, 2.75) is 25.4 Å². The Morgan fingerprint density at radius 1 is 1.11 bits per heavy atom. The van der Waals surface area contributed by atoms with Crippen molar-refractivity contribution in [3.63, 3.8) is 0 Å². The van der Waals surface area contributed by atoms with E-state index in [-0.39, 0.29) is 0 Å². The number of aromatic nitrogens is 1. The molecule has 5 rings (SSSR count). The molecule has 1 saturated heterocycles. The molecule has 5 heteroatoms. The Morgan fingerprint density at radius 2 is 2.00 bits per heavy atom. The average Bonchev–Trinajstić information content (AvgIpc) is 3.50. The molecule has 3 heterocycles. The Hall–Kier alpha value is -2.11. The van der Waals surface area contributed by atoms with Crippen LogP contribution < -0.4 is 9.47 Å². The molecule has 2 fully saturated rings. The summed E-state index contributed by atoms with van der Waals surface area (Å²) in [6.45, 7) is 4.33. The van der Waals surface area contributed by atoms with Gasteiger partial charge in [0.25, 0.3) is 0 Å². The summed E-state index contributed by atoms with van der Waals surface area (Å²) >= 11 is 0. The summed E-state index contributed by atoms with van der Waals surface area (Å²) in [5.41, 5.74) is 2.34. The lowest BCUT2D eigenvalue weighted by atomic mass is 9.85. The maximum Gasteiger partial charge on any atom is 0.213 e. The Kier molecular flexibility index (Phi) is 4.95. The number of rotatable bonds is 7. The molecule has 5 nitrogen and oxygen atoms in total. The fraction of sp³-hybridized carbons (Fsp3) is 0.522. The highest BCUT2D eigenvalue weighted by atomic mass is 16.5. The molecule has 3 atom stereocenters. The Bertz CT molecular complexity index is 823. The summed E-state index contributed by atoms with van der Waals surface area (Å²) < 4.78 is 17.5. The molecule has 0 spiro atoms. The van der Waals surface area contributed by atoms with Gasteiger partial charge in [-0.1, -0.05) is 24.3 Å². The number of likely N-dealkylation sites (tertiary alicyclic amines) is 1. The van der Waals surface area contributed by atoms with Gasteiger partial charge in [0.15, 0.2) is 0 Å². The highest BCUT2D eigenvalue weighted by Crippen LogP contribution is 2.48. The second-order valence-corrected chi connectivity index (χ2v) is 8.30. The molecule has 1 aromatic heterocycles. The summed E-state index contributed by atoms with van der Waals surface area (Å²) in [5, 5.41) is 0. The number of nitrogens with zero attached hydrogens (tertiary/aromatic N) is 2. The molecule has 1 saturated carbocycles. The zero-order valence-electron chi connectivity index (χ0n) is 16.4. The van der Waals surface area contributed by atoms with E-state index in [0.717, 1.165) is 50.3 Å². The average molecular weight is 380 g/mol. The van der Waals surface area contributed by atoms with Crippen LogP contribution >= 0.6 is 0 Å². The van der Waals surface area contributed by atoms with E-state index in [1.54, 1.807) is 7.11 Å². The quantitative estimate of drug-likeness (QED) is 0.733. The monoisotopic (exact) mass is 380 g/mol. The zero-order valence-corrected chi connectivity index (χ0v) is 16.4. The first-order valence-corrected chi connectivity index (χ1v) is 10.4. The topological polar surface area (TPSA) is 43.8 Å². The lowest BCUT2D eigenvalue weighted by molar-refractivity contribution is 0.0641. The van der Waals surface area contributed by atoms with Gasteiger partial charge in [0, 0.05) is 49.2 Å². The smallest absolute Gasteiger partial charge is 0.213 e. The predicted octanol–water partition coefficient (Wildman–Crippen LogP) is 3.70. The molecule has 1 aliphatic carbocycles. The van der Waals surface area contributed by atoms with Crippen LogP contribution in [0, 0.1) is 17.8 Å². The third kappa shape index (κ3) is 3.61. The van der Waals surface area contributed by atoms with Crippen molar-refractivity contribution >= 4 is 0 Å². The first-order chi connectivity index (χ1) is 13.8. The van der Waals surface area contributed by atoms with Crippen LogP contribution in [0.5, 0.6) is 11.6 Å². The number of ether oxygens (including phenoxy) is 3. The molecule has 0 unspecified atom stereocenters. The Balaban J connectivity index is 1.38. The summed E-state index contributed by atoms with van der Waals surface area (Å²) in [5.74, 6) is 3.44. The van der Waals surface area contributed by atoms with E-state index < -0.39 is 0 Å². The Morgan fingerprint density at radius 3 is 2.86 bits per heavy atom. The van der Waals surface area contributed by atoms with Crippen molar-refractivity contribution in [2.24, 2.45) is 17.8 Å². The number of benzene rings is 1. The molecule has 2 aliphatic heterocycles. The fourth-order valence-corrected chi connectivity index (χ4v) is 4.65. The summed E-state index contributed by atoms with van der Waals surface area (Å²) in [6.07, 6.45) is 2.67. The number of methoxy groups -OCH3 is 1. The highest BCUT2D eigenvalue weighted by molar-refractivity contribution is 5.39. The van der Waals surface area contributed by atoms with Gasteiger partial charge in [-0.15, -0.1) is 0 Å². The number of hydrogen-bond donors (Lipinski definition) is 0. The van der Waals surface area contributed by atoms with Crippen molar-refractivity contribution in [1.82, 2.24) is 9.88 Å². The summed E-state index contributed by atoms with van der Waals surface area (Å²) in [7, 11) is 1.67. The highest BCUT2D eigenvalue weighted by Gasteiger charge is 2.46. The van der Waals surface area contributed by atoms with Gasteiger partial charge in [0.1, 0.15) is 5.75 Å². The van der Waals surface area contributed by atoms with Gasteiger partial charge in [0.2, 0.25) is 5.88 Å². The largest absolute Gasteiger partial charge is 0.493 e. The summed E-state index contributed by atoms with van der Waals surface area (Å²) in [6, 6.07) is 14.8. The van der Waals surface area contributed by atoms with E-state index in [1.165, 1.54) is 18.4 Å². The van der Waals surface area contributed by atoms with Crippen molar-refractivity contribution in [2.75, 3.05) is 33.5 Å². The van der Waals surface area contributed by atoms with Crippen molar-refractivity contribution in [3.8, 4) is 11.6 Å². The van der Waals surface area contributed by atoms with Crippen molar-refractivity contribution in [3.05, 3.63) is 53.7 Å². The maximum absolute atomic E-state index is 6.12. The molecule has 28 heavy (non-hydrogen) atoms. The molecular formula is C23H28N2O3. The van der Waals surface area contributed by atoms with Crippen LogP contribution in [0.25, 0.3) is 0 Å². The first-order valence-electron chi connectivity index (χ1n) is 10.4. The molecule has 0 bridgehead atoms. The number of hydrogen-bond acceptors (Lipinski definition) is 5. The van der Waals surface area contributed by atoms with Crippen LogP contribution in [0.2, 0.25) is 0 Å². The molecule has 148 valence electrons. The standard InChI is InChI=1S/C23H28N2O3/c1-26-22-8-4-5-18(24-22)12-25-11-17(14-27-13-16-9-10-16)20-15-28-21-7-3-2-6-19(21)23(20)25/h2-8,16-17,20,23H,9-15H2,1H3/t17-,20-,23-/m0/s1. The van der Waals surface area contributed by atoms with E-state index in [0.29, 0.717) is 23.8 Å². The van der Waals surface area contributed by atoms with Crippen LogP contribution in [-0.4, -0.2) is 43.4 Å². The molecule has 2 aromatic rings. The Labute approximate surface area is 166 Å². The second-order valence-electron chi connectivity index (χ2n) is 8.30. The van der Waals surface area contributed by atoms with E-state index in [2.05, 4.69) is 40.2 Å². The zero-order chi connectivity index (χ0) is 18.9. The fourth-order valence-electron chi connectivity index (χ4n) is 4.65. The molecule has 1 aromatic carbocycles. The third-order valence-corrected chi connectivity index (χ3v) is 6.28. The van der Waals surface area contributed by atoms with Crippen LogP contribution in [0.3, 0.4) is 0 Å². The lowest BCUT2D eigenvalue weighted by Crippen LogP contribution is -2.32. The lowest BCUT2D eigenvalue weighted by Gasteiger charge is -2.34. The minimum Gasteiger partial charge on any atom is -0.493 e. The van der Waals surface area contributed by atoms with Crippen molar-refractivity contribution in [1.29, 1.82) is 0 Å². The third-order valence-electron chi connectivity index (χ3n) is 6.28. The van der Waals surface area contributed by atoms with Gasteiger partial charge in [-0.05, 0) is 30.9 Å². The summed E-state index contributed by atoms with van der Waals surface area (Å²) in [4.78, 5) is 7.20. The van der Waals surface area contributed by atoms with E-state index in [4.69, 9.17) is 14.2 Å². The van der Waals surface area contributed by atoms with Gasteiger partial charge in [0.05, 0.1) is 26.0 Å². The van der Waals surface area contributed by atoms with Crippen LogP contribution in [-0.2, 0) is 11.3 Å². The van der Waals surface area contributed by atoms with Gasteiger partial charge in [-0.3, -0.25) is 4.90 Å². The number of fused-ring (bicyclic) bond motifs is 3. The van der Waals surface area contributed by atoms with E-state index >= 15 is 0 Å². The second kappa shape index (κ2) is 7.72. The molecule has 3 aliphatic rings. The normalized spacial score (nSPS) is 26.4. The predicted molar refractivity (Wildman–Crippen MR) is 106 cm³/mol. The SMILES string of the molecule is COc1cccc(CN2C[C@@H](COCC3CC3)[C@@H]3COc4ccccc4[C@@H]32)n1. The van der Waals surface area contributed by atoms with Crippen LogP contribution in [0.1, 0.15) is 30.1 Å². The van der Waals surface area contributed by atoms with Crippen LogP contribution in [0.15, 0.2) is 42.5 Å². The minimum atomic E-state index is 0.354. The molecule has 0 amide bonds. The van der Waals surface area contributed by atoms with Gasteiger partial charge in [-0.2, -0.15) is 0 Å². The van der Waals surface area contributed by atoms with E-state index in [1.807, 2.05) is 12.1 Å². The minimum absolute atomic E-state index is 0.354.